The van der Waals surface area contributed by atoms with Crippen LogP contribution in [0.15, 0.2) is 53.4 Å². The van der Waals surface area contributed by atoms with E-state index in [0.717, 1.165) is 37.1 Å². The van der Waals surface area contributed by atoms with Crippen LogP contribution < -0.4 is 5.32 Å². The minimum Gasteiger partial charge on any atom is -0.348 e. The first-order valence-corrected chi connectivity index (χ1v) is 10.3. The van der Waals surface area contributed by atoms with Crippen LogP contribution in [-0.2, 0) is 21.4 Å². The van der Waals surface area contributed by atoms with Crippen LogP contribution >= 0.6 is 0 Å². The van der Waals surface area contributed by atoms with Crippen LogP contribution in [0.5, 0.6) is 0 Å². The number of sulfonamides is 1. The first kappa shape index (κ1) is 20.2. The van der Waals surface area contributed by atoms with Crippen LogP contribution in [0.3, 0.4) is 0 Å². The summed E-state index contributed by atoms with van der Waals surface area (Å²) in [4.78, 5) is 12.1. The molecule has 1 aliphatic rings. The van der Waals surface area contributed by atoms with Crippen LogP contribution in [0.1, 0.15) is 24.0 Å². The van der Waals surface area contributed by atoms with Gasteiger partial charge in [-0.1, -0.05) is 18.2 Å². The van der Waals surface area contributed by atoms with Gasteiger partial charge in [-0.2, -0.15) is 4.31 Å². The molecule has 0 saturated carbocycles. The number of nitrogens with zero attached hydrogens (tertiary/aromatic N) is 1. The van der Waals surface area contributed by atoms with E-state index in [9.17, 15) is 22.0 Å². The Labute approximate surface area is 162 Å². The van der Waals surface area contributed by atoms with Crippen LogP contribution in [0.2, 0.25) is 0 Å². The van der Waals surface area contributed by atoms with Gasteiger partial charge in [0.25, 0.3) is 0 Å². The predicted octanol–water partition coefficient (Wildman–Crippen LogP) is 3.08. The highest BCUT2D eigenvalue weighted by molar-refractivity contribution is 7.89. The molecule has 2 aromatic rings. The second-order valence-electron chi connectivity index (χ2n) is 6.44. The molecular weight excluding hydrogens is 386 g/mol. The maximum atomic E-state index is 13.5. The highest BCUT2D eigenvalue weighted by Gasteiger charge is 2.26. The van der Waals surface area contributed by atoms with Crippen LogP contribution in [-0.4, -0.2) is 31.7 Å². The first-order chi connectivity index (χ1) is 13.4. The molecule has 1 fully saturated rings. The Bertz CT molecular complexity index is 963. The van der Waals surface area contributed by atoms with Crippen molar-refractivity contribution in [2.24, 2.45) is 0 Å². The third kappa shape index (κ3) is 4.63. The molecule has 0 aliphatic carbocycles. The van der Waals surface area contributed by atoms with E-state index < -0.39 is 27.6 Å². The van der Waals surface area contributed by atoms with E-state index in [-0.39, 0.29) is 17.0 Å². The summed E-state index contributed by atoms with van der Waals surface area (Å²) in [5.74, 6) is -2.02. The zero-order valence-corrected chi connectivity index (χ0v) is 15.9. The van der Waals surface area contributed by atoms with E-state index in [1.807, 2.05) is 0 Å². The second kappa shape index (κ2) is 8.62. The number of carbonyl (C=O) groups excluding carboxylic acids is 1. The Hall–Kier alpha value is -2.58. The third-order valence-electron chi connectivity index (χ3n) is 4.49. The van der Waals surface area contributed by atoms with Gasteiger partial charge in [0.15, 0.2) is 0 Å². The smallest absolute Gasteiger partial charge is 0.244 e. The van der Waals surface area contributed by atoms with Gasteiger partial charge in [0.05, 0.1) is 4.90 Å². The molecule has 0 aromatic heterocycles. The summed E-state index contributed by atoms with van der Waals surface area (Å²) >= 11 is 0. The largest absolute Gasteiger partial charge is 0.348 e. The van der Waals surface area contributed by atoms with Crippen LogP contribution in [0, 0.1) is 11.6 Å². The molecule has 1 N–H and O–H groups in total. The van der Waals surface area contributed by atoms with Crippen LogP contribution in [0.25, 0.3) is 6.08 Å². The summed E-state index contributed by atoms with van der Waals surface area (Å²) in [6, 6.07) is 9.75. The van der Waals surface area contributed by atoms with Crippen molar-refractivity contribution in [1.29, 1.82) is 0 Å². The van der Waals surface area contributed by atoms with Gasteiger partial charge in [0.1, 0.15) is 11.6 Å². The number of halogens is 2. The van der Waals surface area contributed by atoms with Gasteiger partial charge in [-0.25, -0.2) is 17.2 Å². The number of rotatable bonds is 6. The molecule has 1 amide bonds. The number of hydrogen-bond acceptors (Lipinski definition) is 3. The highest BCUT2D eigenvalue weighted by Crippen LogP contribution is 2.21. The van der Waals surface area contributed by atoms with Gasteiger partial charge in [-0.05, 0) is 48.7 Å². The van der Waals surface area contributed by atoms with E-state index in [2.05, 4.69) is 5.32 Å². The lowest BCUT2D eigenvalue weighted by molar-refractivity contribution is -0.116. The highest BCUT2D eigenvalue weighted by atomic mass is 32.2. The Morgan fingerprint density at radius 2 is 1.64 bits per heavy atom. The summed E-state index contributed by atoms with van der Waals surface area (Å²) < 4.78 is 53.5. The lowest BCUT2D eigenvalue weighted by Gasteiger charge is -2.15. The number of carbonyl (C=O) groups is 1. The van der Waals surface area contributed by atoms with E-state index in [1.165, 1.54) is 22.5 Å². The zero-order chi connectivity index (χ0) is 20.1. The van der Waals surface area contributed by atoms with Crippen molar-refractivity contribution in [2.75, 3.05) is 13.1 Å². The summed E-state index contributed by atoms with van der Waals surface area (Å²) in [6.07, 6.45) is 3.86. The maximum absolute atomic E-state index is 13.5. The SMILES string of the molecule is O=C(/C=C/c1c(F)cccc1F)NCc1ccc(S(=O)(=O)N2CCCC2)cc1. The average molecular weight is 406 g/mol. The molecule has 3 rings (SSSR count). The minimum absolute atomic E-state index is 0.160. The average Bonchev–Trinajstić information content (AvgIpc) is 3.22. The predicted molar refractivity (Wildman–Crippen MR) is 102 cm³/mol. The summed E-state index contributed by atoms with van der Waals surface area (Å²) in [5.41, 5.74) is 0.424. The van der Waals surface area contributed by atoms with Crippen LogP contribution in [0.4, 0.5) is 8.78 Å². The van der Waals surface area contributed by atoms with Crippen molar-refractivity contribution in [3.63, 3.8) is 0 Å². The number of nitrogens with one attached hydrogen (secondary N) is 1. The molecule has 0 radical (unpaired) electrons. The van der Waals surface area contributed by atoms with Gasteiger partial charge in [0, 0.05) is 31.3 Å². The standard InChI is InChI=1S/C20H20F2N2O3S/c21-18-4-3-5-19(22)17(18)10-11-20(25)23-14-15-6-8-16(9-7-15)28(26,27)24-12-1-2-13-24/h3-11H,1-2,12-14H2,(H,23,25)/b11-10+. The lowest BCUT2D eigenvalue weighted by Crippen LogP contribution is -2.27. The van der Waals surface area contributed by atoms with Crippen molar-refractivity contribution in [1.82, 2.24) is 9.62 Å². The van der Waals surface area contributed by atoms with E-state index >= 15 is 0 Å². The topological polar surface area (TPSA) is 66.5 Å². The monoisotopic (exact) mass is 406 g/mol. The molecule has 0 spiro atoms. The Kier molecular flexibility index (Phi) is 6.21. The number of amides is 1. The van der Waals surface area contributed by atoms with Gasteiger partial charge >= 0.3 is 0 Å². The molecule has 148 valence electrons. The van der Waals surface area contributed by atoms with Crippen molar-refractivity contribution in [2.45, 2.75) is 24.3 Å². The maximum Gasteiger partial charge on any atom is 0.244 e. The van der Waals surface area contributed by atoms with Gasteiger partial charge in [0.2, 0.25) is 15.9 Å². The summed E-state index contributed by atoms with van der Waals surface area (Å²) in [6.45, 7) is 1.23. The van der Waals surface area contributed by atoms with Crippen molar-refractivity contribution < 1.29 is 22.0 Å². The molecule has 5 nitrogen and oxygen atoms in total. The second-order valence-corrected chi connectivity index (χ2v) is 8.38. The lowest BCUT2D eigenvalue weighted by atomic mass is 10.2. The van der Waals surface area contributed by atoms with Crippen molar-refractivity contribution in [3.8, 4) is 0 Å². The van der Waals surface area contributed by atoms with E-state index in [4.69, 9.17) is 0 Å². The van der Waals surface area contributed by atoms with Gasteiger partial charge < -0.3 is 5.32 Å². The molecule has 1 aliphatic heterocycles. The first-order valence-electron chi connectivity index (χ1n) is 8.87. The third-order valence-corrected chi connectivity index (χ3v) is 6.41. The molecule has 0 bridgehead atoms. The van der Waals surface area contributed by atoms with E-state index in [0.29, 0.717) is 18.7 Å². The molecule has 2 aromatic carbocycles. The normalized spacial score (nSPS) is 15.2. The van der Waals surface area contributed by atoms with Gasteiger partial charge in [-0.15, -0.1) is 0 Å². The molecule has 8 heteroatoms. The minimum atomic E-state index is -3.47. The number of benzene rings is 2. The Morgan fingerprint density at radius 3 is 2.25 bits per heavy atom. The molecule has 1 heterocycles. The Morgan fingerprint density at radius 1 is 1.04 bits per heavy atom. The summed E-state index contributed by atoms with van der Waals surface area (Å²) in [7, 11) is -3.47. The fourth-order valence-electron chi connectivity index (χ4n) is 2.93. The van der Waals surface area contributed by atoms with Crippen molar-refractivity contribution >= 4 is 22.0 Å². The Balaban J connectivity index is 1.59. The summed E-state index contributed by atoms with van der Waals surface area (Å²) in [5, 5.41) is 2.59. The quantitative estimate of drug-likeness (QED) is 0.750. The van der Waals surface area contributed by atoms with E-state index in [1.54, 1.807) is 12.1 Å². The molecule has 0 atom stereocenters. The number of hydrogen-bond donors (Lipinski definition) is 1. The fourth-order valence-corrected chi connectivity index (χ4v) is 4.45. The zero-order valence-electron chi connectivity index (χ0n) is 15.1. The molecule has 1 saturated heterocycles. The molecule has 28 heavy (non-hydrogen) atoms. The molecular formula is C20H20F2N2O3S. The van der Waals surface area contributed by atoms with Gasteiger partial charge in [-0.3, -0.25) is 4.79 Å². The van der Waals surface area contributed by atoms with Crippen molar-refractivity contribution in [3.05, 3.63) is 71.3 Å². The molecule has 0 unspecified atom stereocenters. The fraction of sp³-hybridized carbons (Fsp3) is 0.250.